The number of nitrogens with zero attached hydrogens (tertiary/aromatic N) is 3. The lowest BCUT2D eigenvalue weighted by atomic mass is 10.2. The molecule has 0 spiro atoms. The Morgan fingerprint density at radius 2 is 2.23 bits per heavy atom. The highest BCUT2D eigenvalue weighted by molar-refractivity contribution is 7.09. The molecule has 1 aromatic rings. The van der Waals surface area contributed by atoms with Crippen molar-refractivity contribution >= 4 is 22.6 Å². The second-order valence-electron chi connectivity index (χ2n) is 3.37. The summed E-state index contributed by atoms with van der Waals surface area (Å²) in [5.41, 5.74) is 5.46. The summed E-state index contributed by atoms with van der Waals surface area (Å²) in [6.45, 7) is 8.44. The first-order valence-corrected chi connectivity index (χ1v) is 5.25. The van der Waals surface area contributed by atoms with Gasteiger partial charge in [0.25, 0.3) is 0 Å². The molecule has 1 rings (SSSR count). The zero-order valence-corrected chi connectivity index (χ0v) is 9.14. The highest BCUT2D eigenvalue weighted by atomic mass is 32.1. The van der Waals surface area contributed by atoms with Crippen LogP contribution in [0.1, 0.15) is 20.8 Å². The van der Waals surface area contributed by atoms with Crippen molar-refractivity contribution in [2.24, 2.45) is 5.92 Å². The van der Waals surface area contributed by atoms with Crippen LogP contribution >= 0.6 is 11.5 Å². The molecule has 0 amide bonds. The third kappa shape index (κ3) is 2.84. The minimum atomic E-state index is 0.377. The highest BCUT2D eigenvalue weighted by Crippen LogP contribution is 2.18. The number of anilines is 2. The van der Waals surface area contributed by atoms with E-state index in [1.54, 1.807) is 0 Å². The predicted molar refractivity (Wildman–Crippen MR) is 57.0 cm³/mol. The predicted octanol–water partition coefficient (Wildman–Crippen LogP) is 1.60. The van der Waals surface area contributed by atoms with E-state index in [0.29, 0.717) is 11.9 Å². The van der Waals surface area contributed by atoms with Crippen LogP contribution in [-0.4, -0.2) is 22.4 Å². The van der Waals surface area contributed by atoms with Crippen molar-refractivity contribution in [2.75, 3.05) is 23.7 Å². The summed E-state index contributed by atoms with van der Waals surface area (Å²) < 4.78 is 3.96. The van der Waals surface area contributed by atoms with Crippen molar-refractivity contribution in [1.29, 1.82) is 0 Å². The molecule has 0 aliphatic carbocycles. The van der Waals surface area contributed by atoms with Crippen LogP contribution in [0.2, 0.25) is 0 Å². The number of rotatable bonds is 4. The van der Waals surface area contributed by atoms with Crippen LogP contribution in [0, 0.1) is 5.92 Å². The van der Waals surface area contributed by atoms with Gasteiger partial charge in [-0.1, -0.05) is 13.8 Å². The zero-order valence-electron chi connectivity index (χ0n) is 8.32. The van der Waals surface area contributed by atoms with Crippen LogP contribution in [0.15, 0.2) is 0 Å². The fraction of sp³-hybridized carbons (Fsp3) is 0.750. The Balaban J connectivity index is 2.66. The van der Waals surface area contributed by atoms with E-state index in [1.807, 2.05) is 0 Å². The maximum Gasteiger partial charge on any atom is 0.233 e. The minimum Gasteiger partial charge on any atom is -0.367 e. The average Bonchev–Trinajstić information content (AvgIpc) is 2.47. The maximum absolute atomic E-state index is 5.46. The van der Waals surface area contributed by atoms with Crippen LogP contribution in [0.5, 0.6) is 0 Å². The Morgan fingerprint density at radius 3 is 2.62 bits per heavy atom. The number of hydrogen-bond acceptors (Lipinski definition) is 5. The van der Waals surface area contributed by atoms with E-state index >= 15 is 0 Å². The smallest absolute Gasteiger partial charge is 0.233 e. The summed E-state index contributed by atoms with van der Waals surface area (Å²) in [7, 11) is 0. The summed E-state index contributed by atoms with van der Waals surface area (Å²) >= 11 is 1.36. The van der Waals surface area contributed by atoms with Crippen molar-refractivity contribution < 1.29 is 0 Å². The van der Waals surface area contributed by atoms with Gasteiger partial charge in [0, 0.05) is 24.6 Å². The first kappa shape index (κ1) is 10.2. The first-order valence-electron chi connectivity index (χ1n) is 4.47. The molecule has 0 aliphatic heterocycles. The largest absolute Gasteiger partial charge is 0.367 e. The molecule has 13 heavy (non-hydrogen) atoms. The van der Waals surface area contributed by atoms with Gasteiger partial charge in [-0.15, -0.1) is 0 Å². The third-order valence-electron chi connectivity index (χ3n) is 1.67. The van der Waals surface area contributed by atoms with Gasteiger partial charge in [0.1, 0.15) is 0 Å². The fourth-order valence-electron chi connectivity index (χ4n) is 1.14. The molecule has 5 heteroatoms. The van der Waals surface area contributed by atoms with Crippen LogP contribution in [0.25, 0.3) is 0 Å². The number of nitrogen functional groups attached to an aromatic ring is 1. The molecule has 2 N–H and O–H groups in total. The van der Waals surface area contributed by atoms with Gasteiger partial charge in [-0.25, -0.2) is 0 Å². The molecule has 0 bridgehead atoms. The quantitative estimate of drug-likeness (QED) is 0.802. The van der Waals surface area contributed by atoms with Gasteiger partial charge in [0.2, 0.25) is 11.1 Å². The van der Waals surface area contributed by atoms with E-state index in [9.17, 15) is 0 Å². The third-order valence-corrected chi connectivity index (χ3v) is 2.46. The molecule has 1 heterocycles. The summed E-state index contributed by atoms with van der Waals surface area (Å²) in [6.07, 6.45) is 0. The van der Waals surface area contributed by atoms with E-state index in [2.05, 4.69) is 35.0 Å². The average molecular weight is 200 g/mol. The standard InChI is InChI=1S/C8H16N4S/c1-4-12(5-6(2)3)8-10-7(9)11-13-8/h6H,4-5H2,1-3H3,(H2,9,11). The summed E-state index contributed by atoms with van der Waals surface area (Å²) in [4.78, 5) is 6.34. The van der Waals surface area contributed by atoms with Crippen molar-refractivity contribution in [2.45, 2.75) is 20.8 Å². The molecule has 0 saturated carbocycles. The second-order valence-corrected chi connectivity index (χ2v) is 4.10. The highest BCUT2D eigenvalue weighted by Gasteiger charge is 2.10. The Kier molecular flexibility index (Phi) is 3.48. The van der Waals surface area contributed by atoms with Crippen molar-refractivity contribution in [3.05, 3.63) is 0 Å². The summed E-state index contributed by atoms with van der Waals surface area (Å²) in [5.74, 6) is 1.01. The number of aromatic nitrogens is 2. The van der Waals surface area contributed by atoms with Crippen LogP contribution in [0.3, 0.4) is 0 Å². The molecular weight excluding hydrogens is 184 g/mol. The van der Waals surface area contributed by atoms with Gasteiger partial charge in [-0.2, -0.15) is 9.36 Å². The van der Waals surface area contributed by atoms with Gasteiger partial charge in [0.05, 0.1) is 0 Å². The van der Waals surface area contributed by atoms with Gasteiger partial charge in [0.15, 0.2) is 0 Å². The lowest BCUT2D eigenvalue weighted by Gasteiger charge is -2.20. The van der Waals surface area contributed by atoms with Gasteiger partial charge >= 0.3 is 0 Å². The zero-order chi connectivity index (χ0) is 9.84. The molecule has 1 aromatic heterocycles. The van der Waals surface area contributed by atoms with Crippen molar-refractivity contribution in [1.82, 2.24) is 9.36 Å². The van der Waals surface area contributed by atoms with Gasteiger partial charge in [-0.05, 0) is 12.8 Å². The Bertz CT molecular complexity index is 258. The Labute approximate surface area is 82.9 Å². The molecule has 0 unspecified atom stereocenters. The van der Waals surface area contributed by atoms with Crippen LogP contribution < -0.4 is 10.6 Å². The lowest BCUT2D eigenvalue weighted by molar-refractivity contribution is 0.618. The van der Waals surface area contributed by atoms with Gasteiger partial charge < -0.3 is 10.6 Å². The SMILES string of the molecule is CCN(CC(C)C)c1nc(N)ns1. The van der Waals surface area contributed by atoms with E-state index in [1.165, 1.54) is 11.5 Å². The fourth-order valence-corrected chi connectivity index (χ4v) is 1.81. The molecule has 0 aliphatic rings. The van der Waals surface area contributed by atoms with E-state index < -0.39 is 0 Å². The van der Waals surface area contributed by atoms with Crippen molar-refractivity contribution in [3.8, 4) is 0 Å². The molecule has 0 aromatic carbocycles. The minimum absolute atomic E-state index is 0.377. The van der Waals surface area contributed by atoms with Crippen molar-refractivity contribution in [3.63, 3.8) is 0 Å². The first-order chi connectivity index (χ1) is 6.13. The molecular formula is C8H16N4S. The van der Waals surface area contributed by atoms with E-state index in [0.717, 1.165) is 18.2 Å². The lowest BCUT2D eigenvalue weighted by Crippen LogP contribution is -2.26. The topological polar surface area (TPSA) is 55.0 Å². The molecule has 0 fully saturated rings. The van der Waals surface area contributed by atoms with E-state index in [4.69, 9.17) is 5.73 Å². The normalized spacial score (nSPS) is 10.8. The molecule has 4 nitrogen and oxygen atoms in total. The van der Waals surface area contributed by atoms with Crippen LogP contribution in [-0.2, 0) is 0 Å². The molecule has 0 saturated heterocycles. The monoisotopic (exact) mass is 200 g/mol. The van der Waals surface area contributed by atoms with Gasteiger partial charge in [-0.3, -0.25) is 0 Å². The van der Waals surface area contributed by atoms with E-state index in [-0.39, 0.29) is 0 Å². The molecule has 0 radical (unpaired) electrons. The second kappa shape index (κ2) is 4.41. The summed E-state index contributed by atoms with van der Waals surface area (Å²) in [5, 5.41) is 0.925. The van der Waals surface area contributed by atoms with Crippen LogP contribution in [0.4, 0.5) is 11.1 Å². The number of hydrogen-bond donors (Lipinski definition) is 1. The number of nitrogens with two attached hydrogens (primary N) is 1. The Hall–Kier alpha value is -0.840. The molecule has 0 atom stereocenters. The maximum atomic E-state index is 5.46. The molecule has 74 valence electrons. The Morgan fingerprint density at radius 1 is 1.54 bits per heavy atom. The summed E-state index contributed by atoms with van der Waals surface area (Å²) in [6, 6.07) is 0.